The summed E-state index contributed by atoms with van der Waals surface area (Å²) in [7, 11) is 0. The Balaban J connectivity index is 2.33. The minimum absolute atomic E-state index is 0.0988. The molecule has 0 aromatic heterocycles. The molecule has 0 heterocycles. The van der Waals surface area contributed by atoms with Crippen LogP contribution in [0.2, 0.25) is 0 Å². The van der Waals surface area contributed by atoms with Gasteiger partial charge >= 0.3 is 0 Å². The van der Waals surface area contributed by atoms with Crippen molar-refractivity contribution in [2.24, 2.45) is 0 Å². The Morgan fingerprint density at radius 1 is 1.05 bits per heavy atom. The van der Waals surface area contributed by atoms with Gasteiger partial charge < -0.3 is 11.1 Å². The van der Waals surface area contributed by atoms with Crippen LogP contribution in [0.4, 0.5) is 30.2 Å². The lowest BCUT2D eigenvalue weighted by atomic mass is 10.1. The molecule has 0 amide bonds. The van der Waals surface area contributed by atoms with Gasteiger partial charge in [0, 0.05) is 23.5 Å². The van der Waals surface area contributed by atoms with E-state index in [0.29, 0.717) is 23.0 Å². The highest BCUT2D eigenvalue weighted by molar-refractivity contribution is 5.65. The number of anilines is 3. The minimum atomic E-state index is -1.25. The SMILES string of the molecule is N#CCc1cc(Nc2cc(F)c(F)cc2F)ccc1N. The predicted octanol–water partition coefficient (Wildman–Crippen LogP) is 3.50. The molecule has 0 aliphatic carbocycles. The normalized spacial score (nSPS) is 10.1. The van der Waals surface area contributed by atoms with Crippen molar-refractivity contribution in [1.29, 1.82) is 5.26 Å². The molecule has 102 valence electrons. The first-order chi connectivity index (χ1) is 9.51. The van der Waals surface area contributed by atoms with Gasteiger partial charge in [0.1, 0.15) is 5.82 Å². The number of rotatable bonds is 3. The van der Waals surface area contributed by atoms with Crippen molar-refractivity contribution in [2.45, 2.75) is 6.42 Å². The van der Waals surface area contributed by atoms with Crippen molar-refractivity contribution in [2.75, 3.05) is 11.1 Å². The molecule has 0 atom stereocenters. The number of benzene rings is 2. The van der Waals surface area contributed by atoms with E-state index in [2.05, 4.69) is 5.32 Å². The molecule has 2 aromatic carbocycles. The largest absolute Gasteiger partial charge is 0.398 e. The first-order valence-electron chi connectivity index (χ1n) is 5.68. The van der Waals surface area contributed by atoms with Gasteiger partial charge in [-0.1, -0.05) is 0 Å². The summed E-state index contributed by atoms with van der Waals surface area (Å²) < 4.78 is 39.4. The van der Waals surface area contributed by atoms with E-state index < -0.39 is 17.5 Å². The Labute approximate surface area is 113 Å². The summed E-state index contributed by atoms with van der Waals surface area (Å²) in [5.74, 6) is -3.32. The molecule has 3 N–H and O–H groups in total. The monoisotopic (exact) mass is 277 g/mol. The van der Waals surface area contributed by atoms with Crippen LogP contribution in [0.15, 0.2) is 30.3 Å². The maximum absolute atomic E-state index is 13.5. The fourth-order valence-corrected chi connectivity index (χ4v) is 1.70. The molecule has 2 rings (SSSR count). The third kappa shape index (κ3) is 2.83. The van der Waals surface area contributed by atoms with Gasteiger partial charge in [-0.25, -0.2) is 13.2 Å². The Morgan fingerprint density at radius 3 is 2.45 bits per heavy atom. The molecule has 0 spiro atoms. The van der Waals surface area contributed by atoms with Gasteiger partial charge in [-0.15, -0.1) is 0 Å². The molecule has 0 aliphatic rings. The van der Waals surface area contributed by atoms with Crippen LogP contribution in [0.25, 0.3) is 0 Å². The highest BCUT2D eigenvalue weighted by Gasteiger charge is 2.10. The second-order valence-corrected chi connectivity index (χ2v) is 4.12. The van der Waals surface area contributed by atoms with Crippen LogP contribution < -0.4 is 11.1 Å². The van der Waals surface area contributed by atoms with Gasteiger partial charge in [-0.3, -0.25) is 0 Å². The Kier molecular flexibility index (Phi) is 3.80. The Hall–Kier alpha value is -2.68. The lowest BCUT2D eigenvalue weighted by Crippen LogP contribution is -1.99. The summed E-state index contributed by atoms with van der Waals surface area (Å²) >= 11 is 0. The quantitative estimate of drug-likeness (QED) is 0.666. The van der Waals surface area contributed by atoms with E-state index in [-0.39, 0.29) is 12.1 Å². The zero-order valence-corrected chi connectivity index (χ0v) is 10.3. The highest BCUT2D eigenvalue weighted by Crippen LogP contribution is 2.25. The van der Waals surface area contributed by atoms with Crippen molar-refractivity contribution in [3.63, 3.8) is 0 Å². The zero-order valence-electron chi connectivity index (χ0n) is 10.3. The van der Waals surface area contributed by atoms with Gasteiger partial charge in [-0.05, 0) is 23.8 Å². The van der Waals surface area contributed by atoms with E-state index in [9.17, 15) is 13.2 Å². The molecule has 3 nitrogen and oxygen atoms in total. The molecule has 2 aromatic rings. The lowest BCUT2D eigenvalue weighted by molar-refractivity contribution is 0.496. The zero-order chi connectivity index (χ0) is 14.7. The summed E-state index contributed by atoms with van der Waals surface area (Å²) in [6, 6.07) is 7.80. The standard InChI is InChI=1S/C14H10F3N3/c15-10-6-12(17)14(7-11(10)16)20-9-1-2-13(19)8(5-9)3-4-18/h1-2,5-7,20H,3,19H2. The first kappa shape index (κ1) is 13.7. The molecule has 0 saturated heterocycles. The fraction of sp³-hybridized carbons (Fsp3) is 0.0714. The van der Waals surface area contributed by atoms with Crippen LogP contribution in [-0.4, -0.2) is 0 Å². The van der Waals surface area contributed by atoms with E-state index in [1.54, 1.807) is 18.2 Å². The molecule has 0 bridgehead atoms. The molecule has 0 saturated carbocycles. The van der Waals surface area contributed by atoms with Crippen molar-refractivity contribution in [3.8, 4) is 6.07 Å². The van der Waals surface area contributed by atoms with Crippen LogP contribution in [-0.2, 0) is 6.42 Å². The van der Waals surface area contributed by atoms with Crippen molar-refractivity contribution in [3.05, 3.63) is 53.3 Å². The van der Waals surface area contributed by atoms with Crippen molar-refractivity contribution >= 4 is 17.1 Å². The molecule has 6 heteroatoms. The number of nitrogens with zero attached hydrogens (tertiary/aromatic N) is 1. The molecule has 0 fully saturated rings. The van der Waals surface area contributed by atoms with Crippen LogP contribution in [0.5, 0.6) is 0 Å². The molecular weight excluding hydrogens is 267 g/mol. The van der Waals surface area contributed by atoms with Gasteiger partial charge in [0.25, 0.3) is 0 Å². The number of halogens is 3. The van der Waals surface area contributed by atoms with Gasteiger partial charge in [0.2, 0.25) is 0 Å². The van der Waals surface area contributed by atoms with E-state index >= 15 is 0 Å². The lowest BCUT2D eigenvalue weighted by Gasteiger charge is -2.10. The summed E-state index contributed by atoms with van der Waals surface area (Å²) in [5, 5.41) is 11.3. The van der Waals surface area contributed by atoms with Gasteiger partial charge in [0.05, 0.1) is 18.2 Å². The molecule has 0 unspecified atom stereocenters. The van der Waals surface area contributed by atoms with Gasteiger partial charge in [-0.2, -0.15) is 5.26 Å². The number of nitriles is 1. The maximum Gasteiger partial charge on any atom is 0.161 e. The molecule has 0 radical (unpaired) electrons. The second-order valence-electron chi connectivity index (χ2n) is 4.12. The summed E-state index contributed by atoms with van der Waals surface area (Å²) in [6.07, 6.45) is 0.0988. The Morgan fingerprint density at radius 2 is 1.75 bits per heavy atom. The van der Waals surface area contributed by atoms with Crippen molar-refractivity contribution < 1.29 is 13.2 Å². The maximum atomic E-state index is 13.5. The second kappa shape index (κ2) is 5.53. The van der Waals surface area contributed by atoms with E-state index in [1.165, 1.54) is 0 Å². The average Bonchev–Trinajstić information content (AvgIpc) is 2.40. The summed E-state index contributed by atoms with van der Waals surface area (Å²) in [6.45, 7) is 0. The number of nitrogens with one attached hydrogen (secondary N) is 1. The van der Waals surface area contributed by atoms with Crippen LogP contribution in [0.1, 0.15) is 5.56 Å². The first-order valence-corrected chi connectivity index (χ1v) is 5.68. The topological polar surface area (TPSA) is 61.8 Å². The Bertz CT molecular complexity index is 693. The third-order valence-electron chi connectivity index (χ3n) is 2.70. The molecule has 0 aliphatic heterocycles. The van der Waals surface area contributed by atoms with Crippen LogP contribution in [0, 0.1) is 28.8 Å². The van der Waals surface area contributed by atoms with Crippen LogP contribution in [0.3, 0.4) is 0 Å². The highest BCUT2D eigenvalue weighted by atomic mass is 19.2. The minimum Gasteiger partial charge on any atom is -0.398 e. The number of nitrogen functional groups attached to an aromatic ring is 1. The summed E-state index contributed by atoms with van der Waals surface area (Å²) in [4.78, 5) is 0. The van der Waals surface area contributed by atoms with Crippen molar-refractivity contribution in [1.82, 2.24) is 0 Å². The van der Waals surface area contributed by atoms with Gasteiger partial charge in [0.15, 0.2) is 11.6 Å². The average molecular weight is 277 g/mol. The van der Waals surface area contributed by atoms with E-state index in [1.807, 2.05) is 6.07 Å². The number of hydrogen-bond donors (Lipinski definition) is 2. The van der Waals surface area contributed by atoms with Crippen LogP contribution >= 0.6 is 0 Å². The smallest absolute Gasteiger partial charge is 0.161 e. The fourth-order valence-electron chi connectivity index (χ4n) is 1.70. The molecule has 20 heavy (non-hydrogen) atoms. The predicted molar refractivity (Wildman–Crippen MR) is 69.8 cm³/mol. The van der Waals surface area contributed by atoms with E-state index in [0.717, 1.165) is 6.07 Å². The third-order valence-corrected chi connectivity index (χ3v) is 2.70. The molecular formula is C14H10F3N3. The summed E-state index contributed by atoms with van der Waals surface area (Å²) in [5.41, 5.74) is 6.91. The number of hydrogen-bond acceptors (Lipinski definition) is 3. The van der Waals surface area contributed by atoms with E-state index in [4.69, 9.17) is 11.0 Å². The number of nitrogens with two attached hydrogens (primary N) is 1.